The summed E-state index contributed by atoms with van der Waals surface area (Å²) in [5, 5.41) is 10.5. The van der Waals surface area contributed by atoms with Crippen LogP contribution in [0.1, 0.15) is 34.3 Å². The number of rotatable bonds is 2. The van der Waals surface area contributed by atoms with Crippen LogP contribution in [0.3, 0.4) is 0 Å². The zero-order valence-corrected chi connectivity index (χ0v) is 13.9. The maximum Gasteiger partial charge on any atom is 0.160 e. The number of aliphatic hydroxyl groups is 1. The molecule has 1 aliphatic heterocycles. The van der Waals surface area contributed by atoms with E-state index in [4.69, 9.17) is 4.74 Å². The normalized spacial score (nSPS) is 28.2. The number of aliphatic hydroxyl groups excluding tert-OH is 1. The molecule has 1 saturated heterocycles. The van der Waals surface area contributed by atoms with Gasteiger partial charge in [0.05, 0.1) is 6.10 Å². The Morgan fingerprint density at radius 1 is 1.12 bits per heavy atom. The van der Waals surface area contributed by atoms with Crippen molar-refractivity contribution in [3.8, 4) is 0 Å². The fourth-order valence-electron chi connectivity index (χ4n) is 4.24. The van der Waals surface area contributed by atoms with Crippen molar-refractivity contribution in [1.82, 2.24) is 4.90 Å². The summed E-state index contributed by atoms with van der Waals surface area (Å²) >= 11 is 0. The van der Waals surface area contributed by atoms with Crippen molar-refractivity contribution in [3.05, 3.63) is 70.5 Å². The van der Waals surface area contributed by atoms with Gasteiger partial charge in [0.15, 0.2) is 6.29 Å². The second-order valence-electron chi connectivity index (χ2n) is 7.12. The maximum atomic E-state index is 13.9. The molecule has 0 spiro atoms. The first kappa shape index (κ1) is 15.8. The summed E-state index contributed by atoms with van der Waals surface area (Å²) in [6.07, 6.45) is -0.378. The molecule has 1 heterocycles. The van der Waals surface area contributed by atoms with Crippen molar-refractivity contribution in [2.45, 2.75) is 24.7 Å². The third kappa shape index (κ3) is 2.55. The molecule has 1 fully saturated rings. The lowest BCUT2D eigenvalue weighted by atomic mass is 9.81. The third-order valence-electron chi connectivity index (χ3n) is 5.23. The van der Waals surface area contributed by atoms with E-state index >= 15 is 0 Å². The second-order valence-corrected chi connectivity index (χ2v) is 7.12. The SMILES string of the molecule is CN(C)CC1C(O)O[C@H]2c3cc(F)ccc3Cc3ccccc3[C@@H]12. The van der Waals surface area contributed by atoms with Gasteiger partial charge in [-0.3, -0.25) is 0 Å². The molecule has 0 amide bonds. The minimum absolute atomic E-state index is 0.0293. The van der Waals surface area contributed by atoms with Crippen LogP contribution in [0.2, 0.25) is 0 Å². The number of hydrogen-bond donors (Lipinski definition) is 1. The smallest absolute Gasteiger partial charge is 0.160 e. The highest BCUT2D eigenvalue weighted by Crippen LogP contribution is 2.51. The Balaban J connectivity index is 1.89. The lowest BCUT2D eigenvalue weighted by Gasteiger charge is -2.26. The van der Waals surface area contributed by atoms with Crippen LogP contribution < -0.4 is 0 Å². The van der Waals surface area contributed by atoms with E-state index in [9.17, 15) is 9.50 Å². The molecule has 24 heavy (non-hydrogen) atoms. The Kier molecular flexibility index (Phi) is 3.91. The highest BCUT2D eigenvalue weighted by Gasteiger charge is 2.47. The largest absolute Gasteiger partial charge is 0.368 e. The molecule has 2 aliphatic rings. The van der Waals surface area contributed by atoms with Crippen LogP contribution in [0.25, 0.3) is 0 Å². The van der Waals surface area contributed by atoms with Crippen molar-refractivity contribution in [2.75, 3.05) is 20.6 Å². The van der Waals surface area contributed by atoms with Crippen LogP contribution >= 0.6 is 0 Å². The fraction of sp³-hybridized carbons (Fsp3) is 0.400. The summed E-state index contributed by atoms with van der Waals surface area (Å²) in [4.78, 5) is 2.07. The molecule has 4 heteroatoms. The molecule has 2 unspecified atom stereocenters. The van der Waals surface area contributed by atoms with Crippen LogP contribution in [0.15, 0.2) is 42.5 Å². The molecule has 0 saturated carbocycles. The number of fused-ring (bicyclic) bond motifs is 5. The number of benzene rings is 2. The van der Waals surface area contributed by atoms with E-state index in [1.807, 2.05) is 32.3 Å². The number of nitrogens with zero attached hydrogens (tertiary/aromatic N) is 1. The van der Waals surface area contributed by atoms with E-state index in [2.05, 4.69) is 17.0 Å². The Morgan fingerprint density at radius 2 is 1.88 bits per heavy atom. The molecule has 3 nitrogen and oxygen atoms in total. The van der Waals surface area contributed by atoms with Gasteiger partial charge in [0.1, 0.15) is 5.82 Å². The van der Waals surface area contributed by atoms with Gasteiger partial charge in [-0.2, -0.15) is 0 Å². The maximum absolute atomic E-state index is 13.9. The standard InChI is InChI=1S/C20H22FNO2/c1-22(2)11-17-18-15-6-4-3-5-12(15)9-13-7-8-14(21)10-16(13)19(18)24-20(17)23/h3-8,10,17-20,23H,9,11H2,1-2H3/t17?,18-,19-,20?/m0/s1. The van der Waals surface area contributed by atoms with E-state index in [1.165, 1.54) is 17.2 Å². The van der Waals surface area contributed by atoms with Crippen molar-refractivity contribution in [2.24, 2.45) is 5.92 Å². The van der Waals surface area contributed by atoms with Gasteiger partial charge in [0.25, 0.3) is 0 Å². The van der Waals surface area contributed by atoms with Crippen molar-refractivity contribution < 1.29 is 14.2 Å². The summed E-state index contributed by atoms with van der Waals surface area (Å²) < 4.78 is 19.9. The highest BCUT2D eigenvalue weighted by molar-refractivity contribution is 5.45. The van der Waals surface area contributed by atoms with E-state index in [0.29, 0.717) is 0 Å². The predicted octanol–water partition coefficient (Wildman–Crippen LogP) is 3.08. The van der Waals surface area contributed by atoms with Gasteiger partial charge in [0.2, 0.25) is 0 Å². The molecule has 1 aliphatic carbocycles. The minimum atomic E-state index is -0.843. The third-order valence-corrected chi connectivity index (χ3v) is 5.23. The molecule has 0 radical (unpaired) electrons. The highest BCUT2D eigenvalue weighted by atomic mass is 19.1. The van der Waals surface area contributed by atoms with E-state index < -0.39 is 6.29 Å². The molecule has 2 aromatic carbocycles. The molecular weight excluding hydrogens is 305 g/mol. The van der Waals surface area contributed by atoms with Gasteiger partial charge in [-0.25, -0.2) is 4.39 Å². The molecule has 0 bridgehead atoms. The van der Waals surface area contributed by atoms with Crippen molar-refractivity contribution in [3.63, 3.8) is 0 Å². The van der Waals surface area contributed by atoms with E-state index in [1.54, 1.807) is 6.07 Å². The molecular formula is C20H22FNO2. The van der Waals surface area contributed by atoms with Crippen LogP contribution in [-0.2, 0) is 11.2 Å². The lowest BCUT2D eigenvalue weighted by Crippen LogP contribution is -2.31. The number of halogens is 1. The molecule has 4 rings (SSSR count). The molecule has 126 valence electrons. The number of hydrogen-bond acceptors (Lipinski definition) is 3. The van der Waals surface area contributed by atoms with Crippen LogP contribution in [0.5, 0.6) is 0 Å². The summed E-state index contributed by atoms with van der Waals surface area (Å²) in [6, 6.07) is 13.2. The Labute approximate surface area is 141 Å². The topological polar surface area (TPSA) is 32.7 Å². The van der Waals surface area contributed by atoms with Gasteiger partial charge in [-0.1, -0.05) is 30.3 Å². The lowest BCUT2D eigenvalue weighted by molar-refractivity contribution is -0.111. The Morgan fingerprint density at radius 3 is 2.67 bits per heavy atom. The first-order valence-corrected chi connectivity index (χ1v) is 8.39. The van der Waals surface area contributed by atoms with Crippen molar-refractivity contribution >= 4 is 0 Å². The Bertz CT molecular complexity index is 761. The van der Waals surface area contributed by atoms with E-state index in [0.717, 1.165) is 24.1 Å². The zero-order chi connectivity index (χ0) is 16.8. The van der Waals surface area contributed by atoms with Gasteiger partial charge < -0.3 is 14.7 Å². The van der Waals surface area contributed by atoms with Gasteiger partial charge >= 0.3 is 0 Å². The fourth-order valence-corrected chi connectivity index (χ4v) is 4.24. The molecule has 0 aromatic heterocycles. The first-order valence-electron chi connectivity index (χ1n) is 8.39. The van der Waals surface area contributed by atoms with Gasteiger partial charge in [-0.05, 0) is 54.9 Å². The van der Waals surface area contributed by atoms with Gasteiger partial charge in [-0.15, -0.1) is 0 Å². The quantitative estimate of drug-likeness (QED) is 0.920. The summed E-state index contributed by atoms with van der Waals surface area (Å²) in [6.45, 7) is 0.724. The van der Waals surface area contributed by atoms with Gasteiger partial charge in [0, 0.05) is 18.4 Å². The number of ether oxygens (including phenoxy) is 1. The molecule has 2 aromatic rings. The van der Waals surface area contributed by atoms with Crippen molar-refractivity contribution in [1.29, 1.82) is 0 Å². The average molecular weight is 327 g/mol. The second kappa shape index (κ2) is 5.96. The van der Waals surface area contributed by atoms with Crippen LogP contribution in [0.4, 0.5) is 4.39 Å². The molecule has 4 atom stereocenters. The summed E-state index contributed by atoms with van der Waals surface area (Å²) in [5.41, 5.74) is 4.40. The first-order chi connectivity index (χ1) is 11.5. The zero-order valence-electron chi connectivity index (χ0n) is 13.9. The summed E-state index contributed by atoms with van der Waals surface area (Å²) in [7, 11) is 3.99. The Hall–Kier alpha value is -1.75. The van der Waals surface area contributed by atoms with E-state index in [-0.39, 0.29) is 23.8 Å². The molecule has 1 N–H and O–H groups in total. The minimum Gasteiger partial charge on any atom is -0.368 e. The predicted molar refractivity (Wildman–Crippen MR) is 90.3 cm³/mol. The summed E-state index contributed by atoms with van der Waals surface area (Å²) in [5.74, 6) is -0.269. The average Bonchev–Trinajstić information content (AvgIpc) is 2.78. The monoisotopic (exact) mass is 327 g/mol. The van der Waals surface area contributed by atoms with Crippen LogP contribution in [0, 0.1) is 11.7 Å². The van der Waals surface area contributed by atoms with Crippen LogP contribution in [-0.4, -0.2) is 36.9 Å².